The zero-order valence-corrected chi connectivity index (χ0v) is 47.2. The molecule has 2 unspecified atom stereocenters. The molecule has 19 heteroatoms. The van der Waals surface area contributed by atoms with Crippen molar-refractivity contribution in [1.82, 2.24) is 0 Å². The minimum atomic E-state index is -4.93. The summed E-state index contributed by atoms with van der Waals surface area (Å²) in [4.78, 5) is 71.1. The molecule has 0 aromatic carbocycles. The Morgan fingerprint density at radius 1 is 0.333 bits per heavy atom. The third-order valence-electron chi connectivity index (χ3n) is 12.1. The van der Waals surface area contributed by atoms with Crippen molar-refractivity contribution >= 4 is 39.5 Å². The quantitative estimate of drug-likeness (QED) is 0.0222. The molecule has 3 N–H and O–H groups in total. The lowest BCUT2D eigenvalue weighted by atomic mass is 10.0. The molecule has 0 saturated carbocycles. The van der Waals surface area contributed by atoms with E-state index in [2.05, 4.69) is 20.8 Å². The Morgan fingerprint density at radius 2 is 0.556 bits per heavy atom. The highest BCUT2D eigenvalue weighted by Crippen LogP contribution is 2.45. The fourth-order valence-electron chi connectivity index (χ4n) is 7.69. The normalized spacial score (nSPS) is 14.5. The zero-order valence-electron chi connectivity index (χ0n) is 45.4. The van der Waals surface area contributed by atoms with E-state index in [9.17, 15) is 43.2 Å². The second kappa shape index (κ2) is 48.7. The summed E-state index contributed by atoms with van der Waals surface area (Å²) in [5.74, 6) is -2.18. The van der Waals surface area contributed by atoms with Crippen LogP contribution in [0.2, 0.25) is 0 Å². The summed E-state index contributed by atoms with van der Waals surface area (Å²) in [5.41, 5.74) is 0. The Morgan fingerprint density at radius 3 is 0.847 bits per heavy atom. The highest BCUT2D eigenvalue weighted by molar-refractivity contribution is 7.47. The maximum atomic E-state index is 12.8. The maximum Gasteiger partial charge on any atom is 0.472 e. The van der Waals surface area contributed by atoms with E-state index >= 15 is 0 Å². The predicted molar refractivity (Wildman–Crippen MR) is 280 cm³/mol. The largest absolute Gasteiger partial charge is 0.472 e. The molecule has 0 aromatic rings. The highest BCUT2D eigenvalue weighted by Gasteiger charge is 2.30. The smallest absolute Gasteiger partial charge is 0.462 e. The number of phosphoric ester groups is 2. The molecule has 0 aliphatic carbocycles. The van der Waals surface area contributed by atoms with Gasteiger partial charge in [0.25, 0.3) is 0 Å². The van der Waals surface area contributed by atoms with Gasteiger partial charge in [0, 0.05) is 25.7 Å². The number of carbonyl (C=O) groups is 4. The number of rotatable bonds is 54. The van der Waals surface area contributed by atoms with Crippen LogP contribution in [-0.4, -0.2) is 96.7 Å². The van der Waals surface area contributed by atoms with E-state index in [-0.39, 0.29) is 25.7 Å². The first-order valence-corrected chi connectivity index (χ1v) is 31.3. The van der Waals surface area contributed by atoms with Gasteiger partial charge in [-0.2, -0.15) is 0 Å². The van der Waals surface area contributed by atoms with Crippen LogP contribution < -0.4 is 0 Å². The van der Waals surface area contributed by atoms with Gasteiger partial charge in [-0.15, -0.1) is 0 Å². The molecule has 0 saturated heterocycles. The lowest BCUT2D eigenvalue weighted by Gasteiger charge is -2.21. The Kier molecular flexibility index (Phi) is 47.4. The lowest BCUT2D eigenvalue weighted by Crippen LogP contribution is -2.30. The van der Waals surface area contributed by atoms with Crippen LogP contribution in [0.5, 0.6) is 0 Å². The predicted octanol–water partition coefficient (Wildman–Crippen LogP) is 13.6. The number of unbranched alkanes of at least 4 members (excludes halogenated alkanes) is 28. The van der Waals surface area contributed by atoms with E-state index in [0.717, 1.165) is 89.9 Å². The van der Waals surface area contributed by atoms with E-state index in [1.165, 1.54) is 89.9 Å². The second-order valence-corrected chi connectivity index (χ2v) is 22.2. The highest BCUT2D eigenvalue weighted by atomic mass is 31.2. The Labute approximate surface area is 435 Å². The molecular weight excluding hydrogens is 971 g/mol. The van der Waals surface area contributed by atoms with Crippen molar-refractivity contribution < 1.29 is 80.2 Å². The average molecular weight is 1070 g/mol. The van der Waals surface area contributed by atoms with Crippen molar-refractivity contribution in [3.8, 4) is 0 Å². The van der Waals surface area contributed by atoms with Gasteiger partial charge in [-0.25, -0.2) is 9.13 Å². The van der Waals surface area contributed by atoms with Crippen LogP contribution in [0.15, 0.2) is 0 Å². The first-order chi connectivity index (χ1) is 34.7. The summed E-state index contributed by atoms with van der Waals surface area (Å²) in [6, 6.07) is 0. The van der Waals surface area contributed by atoms with Crippen molar-refractivity contribution in [1.29, 1.82) is 0 Å². The molecule has 0 spiro atoms. The Bertz CT molecular complexity index is 1420. The van der Waals surface area contributed by atoms with Gasteiger partial charge in [-0.1, -0.05) is 207 Å². The van der Waals surface area contributed by atoms with E-state index in [1.807, 2.05) is 6.92 Å². The number of carbonyl (C=O) groups excluding carboxylic acids is 4. The Hall–Kier alpha value is -1.94. The first kappa shape index (κ1) is 70.1. The SMILES string of the molecule is CCCCCCCCCCCCCCC(=O)OC[C@H](COP(=O)(O)OC[C@@H](O)COP(=O)(O)OC[C@@H](COC(=O)CCCCC)OC(=O)CCCCCCCCCC)OC(=O)CCCCCCCCCCC. The third kappa shape index (κ3) is 47.8. The van der Waals surface area contributed by atoms with Crippen LogP contribution >= 0.6 is 15.6 Å². The number of phosphoric acid groups is 2. The lowest BCUT2D eigenvalue weighted by molar-refractivity contribution is -0.161. The molecule has 426 valence electrons. The minimum absolute atomic E-state index is 0.103. The van der Waals surface area contributed by atoms with Crippen LogP contribution in [0.1, 0.15) is 259 Å². The monoisotopic (exact) mass is 1070 g/mol. The van der Waals surface area contributed by atoms with Gasteiger partial charge in [0.15, 0.2) is 12.2 Å². The summed E-state index contributed by atoms with van der Waals surface area (Å²) < 4.78 is 67.1. The van der Waals surface area contributed by atoms with Crippen LogP contribution in [0.25, 0.3) is 0 Å². The molecule has 5 atom stereocenters. The number of aliphatic hydroxyl groups excluding tert-OH is 1. The standard InChI is InChI=1S/C53H102O17P2/c1-5-9-13-16-19-22-23-24-26-28-30-34-38-51(56)64-44-49(70-53(58)40-36-32-29-25-20-17-14-10-6-2)46-68-72(61,62)66-42-47(54)41-65-71(59,60)67-45-48(43-63-50(55)37-33-12-8-4)69-52(57)39-35-31-27-21-18-15-11-7-3/h47-49,54H,5-46H2,1-4H3,(H,59,60)(H,61,62)/t47-,48+,49+/m0/s1. The van der Waals surface area contributed by atoms with E-state index in [4.69, 9.17) is 37.0 Å². The fourth-order valence-corrected chi connectivity index (χ4v) is 9.27. The zero-order chi connectivity index (χ0) is 53.4. The molecule has 0 bridgehead atoms. The van der Waals surface area contributed by atoms with Gasteiger partial charge in [0.05, 0.1) is 26.4 Å². The summed E-state index contributed by atoms with van der Waals surface area (Å²) in [6.45, 7) is 4.58. The molecule has 0 rings (SSSR count). The van der Waals surface area contributed by atoms with Gasteiger partial charge in [0.2, 0.25) is 0 Å². The molecule has 72 heavy (non-hydrogen) atoms. The number of aliphatic hydroxyl groups is 1. The molecule has 0 aliphatic heterocycles. The summed E-state index contributed by atoms with van der Waals surface area (Å²) in [6.07, 6.45) is 30.2. The molecule has 0 aromatic heterocycles. The Balaban J connectivity index is 5.11. The minimum Gasteiger partial charge on any atom is -0.462 e. The molecule has 0 aliphatic rings. The van der Waals surface area contributed by atoms with Gasteiger partial charge >= 0.3 is 39.5 Å². The summed E-state index contributed by atoms with van der Waals surface area (Å²) in [7, 11) is -9.84. The maximum absolute atomic E-state index is 12.8. The van der Waals surface area contributed by atoms with Crippen LogP contribution in [0, 0.1) is 0 Å². The molecule has 0 amide bonds. The van der Waals surface area contributed by atoms with Gasteiger partial charge in [0.1, 0.15) is 19.3 Å². The van der Waals surface area contributed by atoms with Crippen molar-refractivity contribution in [2.24, 2.45) is 0 Å². The van der Waals surface area contributed by atoms with Crippen LogP contribution in [0.4, 0.5) is 0 Å². The molecule has 0 fully saturated rings. The van der Waals surface area contributed by atoms with Crippen LogP contribution in [-0.2, 0) is 65.4 Å². The van der Waals surface area contributed by atoms with Crippen molar-refractivity contribution in [3.05, 3.63) is 0 Å². The van der Waals surface area contributed by atoms with Crippen molar-refractivity contribution in [2.75, 3.05) is 39.6 Å². The molecular formula is C53H102O17P2. The first-order valence-electron chi connectivity index (χ1n) is 28.3. The van der Waals surface area contributed by atoms with Gasteiger partial charge < -0.3 is 33.8 Å². The number of hydrogen-bond donors (Lipinski definition) is 3. The van der Waals surface area contributed by atoms with Crippen molar-refractivity contribution in [2.45, 2.75) is 277 Å². The average Bonchev–Trinajstić information content (AvgIpc) is 3.35. The molecule has 17 nitrogen and oxygen atoms in total. The van der Waals surface area contributed by atoms with E-state index in [1.54, 1.807) is 0 Å². The molecule has 0 radical (unpaired) electrons. The topological polar surface area (TPSA) is 237 Å². The number of ether oxygens (including phenoxy) is 4. The third-order valence-corrected chi connectivity index (χ3v) is 14.0. The molecule has 0 heterocycles. The number of esters is 4. The van der Waals surface area contributed by atoms with E-state index in [0.29, 0.717) is 25.7 Å². The van der Waals surface area contributed by atoms with Crippen LogP contribution in [0.3, 0.4) is 0 Å². The van der Waals surface area contributed by atoms with E-state index < -0.39 is 97.5 Å². The van der Waals surface area contributed by atoms with Crippen molar-refractivity contribution in [3.63, 3.8) is 0 Å². The summed E-state index contributed by atoms with van der Waals surface area (Å²) >= 11 is 0. The fraction of sp³-hybridized carbons (Fsp3) is 0.925. The van der Waals surface area contributed by atoms with Gasteiger partial charge in [-0.05, 0) is 25.7 Å². The summed E-state index contributed by atoms with van der Waals surface area (Å²) in [5, 5.41) is 10.4. The van der Waals surface area contributed by atoms with Gasteiger partial charge in [-0.3, -0.25) is 37.3 Å². The second-order valence-electron chi connectivity index (χ2n) is 19.3. The number of hydrogen-bond acceptors (Lipinski definition) is 15.